The van der Waals surface area contributed by atoms with Gasteiger partial charge in [-0.05, 0) is 43.7 Å². The minimum absolute atomic E-state index is 0.224. The van der Waals surface area contributed by atoms with E-state index < -0.39 is 60.0 Å². The number of amides is 3. The number of urea groups is 1. The Morgan fingerprint density at radius 3 is 2.54 bits per heavy atom. The van der Waals surface area contributed by atoms with Crippen molar-refractivity contribution in [3.63, 3.8) is 0 Å². The number of rotatable bonds is 5. The van der Waals surface area contributed by atoms with Gasteiger partial charge in [0, 0.05) is 18.8 Å². The third kappa shape index (κ3) is 4.19. The summed E-state index contributed by atoms with van der Waals surface area (Å²) in [6.45, 7) is 2.91. The molecule has 2 heterocycles. The number of hydrogen-bond donors (Lipinski definition) is 1. The fourth-order valence-corrected chi connectivity index (χ4v) is 4.31. The van der Waals surface area contributed by atoms with Crippen molar-refractivity contribution < 1.29 is 37.1 Å². The van der Waals surface area contributed by atoms with Crippen molar-refractivity contribution in [3.05, 3.63) is 59.2 Å². The van der Waals surface area contributed by atoms with Crippen molar-refractivity contribution in [1.82, 2.24) is 14.5 Å². The van der Waals surface area contributed by atoms with Crippen LogP contribution in [0.2, 0.25) is 0 Å². The van der Waals surface area contributed by atoms with E-state index in [1.807, 2.05) is 11.5 Å². The molecule has 1 N–H and O–H groups in total. The highest BCUT2D eigenvalue weighted by Gasteiger charge is 2.45. The lowest BCUT2D eigenvalue weighted by atomic mass is 10.0. The lowest BCUT2D eigenvalue weighted by Crippen LogP contribution is -2.58. The molecule has 1 aromatic heterocycles. The first-order valence-electron chi connectivity index (χ1n) is 10.6. The quantitative estimate of drug-likeness (QED) is 0.426. The molecule has 0 bridgehead atoms. The molecule has 3 amide bonds. The van der Waals surface area contributed by atoms with Crippen LogP contribution in [-0.4, -0.2) is 44.0 Å². The van der Waals surface area contributed by atoms with Gasteiger partial charge >= 0.3 is 18.2 Å². The van der Waals surface area contributed by atoms with Crippen LogP contribution < -0.4 is 4.90 Å². The molecule has 12 heteroatoms. The highest BCUT2D eigenvalue weighted by molar-refractivity contribution is 6.12. The Balaban J connectivity index is 1.77. The van der Waals surface area contributed by atoms with Crippen LogP contribution in [0.25, 0.3) is 11.0 Å². The van der Waals surface area contributed by atoms with Crippen molar-refractivity contribution in [2.45, 2.75) is 33.1 Å². The van der Waals surface area contributed by atoms with Gasteiger partial charge in [-0.2, -0.15) is 13.2 Å². The zero-order chi connectivity index (χ0) is 25.7. The van der Waals surface area contributed by atoms with E-state index in [2.05, 4.69) is 4.98 Å². The summed E-state index contributed by atoms with van der Waals surface area (Å²) in [5, 5.41) is 9.57. The molecule has 1 unspecified atom stereocenters. The number of carbonyl (C=O) groups is 3. The molecule has 0 radical (unpaired) electrons. The average Bonchev–Trinajstić information content (AvgIpc) is 3.09. The van der Waals surface area contributed by atoms with Gasteiger partial charge in [0.2, 0.25) is 5.91 Å². The maximum Gasteiger partial charge on any atom is 0.419 e. The number of carboxylic acid groups (broad SMARTS) is 1. The maximum absolute atomic E-state index is 14.0. The molecule has 1 aliphatic heterocycles. The largest absolute Gasteiger partial charge is 0.481 e. The number of nitrogens with zero attached hydrogens (tertiary/aromatic N) is 4. The third-order valence-electron chi connectivity index (χ3n) is 5.95. The summed E-state index contributed by atoms with van der Waals surface area (Å²) >= 11 is 0. The number of fused-ring (bicyclic) bond motifs is 1. The Morgan fingerprint density at radius 1 is 1.20 bits per heavy atom. The lowest BCUT2D eigenvalue weighted by molar-refractivity contribution is -0.151. The summed E-state index contributed by atoms with van der Waals surface area (Å²) < 4.78 is 56.4. The van der Waals surface area contributed by atoms with E-state index in [4.69, 9.17) is 0 Å². The number of aryl methyl sites for hydroxylation is 2. The van der Waals surface area contributed by atoms with Gasteiger partial charge in [-0.15, -0.1) is 0 Å². The van der Waals surface area contributed by atoms with Crippen molar-refractivity contribution in [2.75, 3.05) is 11.4 Å². The minimum Gasteiger partial charge on any atom is -0.481 e. The van der Waals surface area contributed by atoms with Gasteiger partial charge in [-0.3, -0.25) is 19.4 Å². The fourth-order valence-electron chi connectivity index (χ4n) is 4.31. The van der Waals surface area contributed by atoms with Crippen molar-refractivity contribution in [3.8, 4) is 0 Å². The van der Waals surface area contributed by atoms with Crippen LogP contribution in [0, 0.1) is 18.7 Å². The van der Waals surface area contributed by atoms with Crippen LogP contribution in [-0.2, 0) is 28.9 Å². The van der Waals surface area contributed by atoms with Gasteiger partial charge in [0.15, 0.2) is 5.92 Å². The molecule has 35 heavy (non-hydrogen) atoms. The smallest absolute Gasteiger partial charge is 0.419 e. The van der Waals surface area contributed by atoms with Crippen LogP contribution in [0.1, 0.15) is 23.9 Å². The number of carboxylic acids is 1. The molecule has 1 aliphatic rings. The molecule has 1 saturated heterocycles. The SMILES string of the molecule is CCn1c(C)nc2cc(N3CC(C(=O)O)C(=O)N(Cc4cccc(F)c4C(F)(F)F)C3=O)ccc21. The number of hydrogen-bond acceptors (Lipinski definition) is 4. The fraction of sp³-hybridized carbons (Fsp3) is 0.304. The third-order valence-corrected chi connectivity index (χ3v) is 5.95. The van der Waals surface area contributed by atoms with Gasteiger partial charge in [-0.1, -0.05) is 12.1 Å². The number of alkyl halides is 3. The predicted molar refractivity (Wildman–Crippen MR) is 116 cm³/mol. The molecule has 0 aliphatic carbocycles. The van der Waals surface area contributed by atoms with E-state index in [1.54, 1.807) is 25.1 Å². The summed E-state index contributed by atoms with van der Waals surface area (Å²) in [7, 11) is 0. The second-order valence-electron chi connectivity index (χ2n) is 8.06. The number of halogens is 4. The average molecular weight is 492 g/mol. The number of imide groups is 1. The molecule has 8 nitrogen and oxygen atoms in total. The first kappa shape index (κ1) is 24.2. The Morgan fingerprint density at radius 2 is 1.91 bits per heavy atom. The summed E-state index contributed by atoms with van der Waals surface area (Å²) in [5.74, 6) is -5.29. The van der Waals surface area contributed by atoms with Gasteiger partial charge in [0.1, 0.15) is 11.6 Å². The molecule has 4 rings (SSSR count). The summed E-state index contributed by atoms with van der Waals surface area (Å²) in [4.78, 5) is 43.7. The number of imidazole rings is 1. The zero-order valence-electron chi connectivity index (χ0n) is 18.6. The van der Waals surface area contributed by atoms with Gasteiger partial charge in [0.05, 0.1) is 23.1 Å². The Hall–Kier alpha value is -3.96. The summed E-state index contributed by atoms with van der Waals surface area (Å²) in [6.07, 6.45) is -5.09. The highest BCUT2D eigenvalue weighted by atomic mass is 19.4. The first-order valence-corrected chi connectivity index (χ1v) is 10.6. The molecule has 3 aromatic rings. The van der Waals surface area contributed by atoms with Crippen molar-refractivity contribution in [1.29, 1.82) is 0 Å². The number of aromatic nitrogens is 2. The van der Waals surface area contributed by atoms with Crippen LogP contribution in [0.5, 0.6) is 0 Å². The number of anilines is 1. The lowest BCUT2D eigenvalue weighted by Gasteiger charge is -2.37. The number of benzene rings is 2. The highest BCUT2D eigenvalue weighted by Crippen LogP contribution is 2.36. The van der Waals surface area contributed by atoms with Crippen LogP contribution in [0.15, 0.2) is 36.4 Å². The molecular formula is C23H20F4N4O4. The van der Waals surface area contributed by atoms with Crippen LogP contribution in [0.3, 0.4) is 0 Å². The van der Waals surface area contributed by atoms with E-state index in [1.165, 1.54) is 0 Å². The van der Waals surface area contributed by atoms with E-state index in [-0.39, 0.29) is 5.69 Å². The topological polar surface area (TPSA) is 95.7 Å². The second kappa shape index (κ2) is 8.67. The Bertz CT molecular complexity index is 1350. The first-order chi connectivity index (χ1) is 16.4. The molecular weight excluding hydrogens is 472 g/mol. The standard InChI is InChI=1S/C23H20F4N4O4/c1-3-29-12(2)28-17-9-14(7-8-18(17)29)30-11-15(21(33)34)20(32)31(22(30)35)10-13-5-4-6-16(24)19(13)23(25,26)27/h4-9,15H,3,10-11H2,1-2H3,(H,33,34). The van der Waals surface area contributed by atoms with E-state index in [9.17, 15) is 37.1 Å². The van der Waals surface area contributed by atoms with Crippen LogP contribution >= 0.6 is 0 Å². The maximum atomic E-state index is 14.0. The van der Waals surface area contributed by atoms with Gasteiger partial charge in [0.25, 0.3) is 0 Å². The Kier molecular flexibility index (Phi) is 5.99. The van der Waals surface area contributed by atoms with E-state index in [0.29, 0.717) is 23.0 Å². The van der Waals surface area contributed by atoms with Gasteiger partial charge < -0.3 is 9.67 Å². The number of carbonyl (C=O) groups excluding carboxylic acids is 2. The second-order valence-corrected chi connectivity index (χ2v) is 8.06. The van der Waals surface area contributed by atoms with E-state index >= 15 is 0 Å². The van der Waals surface area contributed by atoms with Crippen LogP contribution in [0.4, 0.5) is 28.0 Å². The predicted octanol–water partition coefficient (Wildman–Crippen LogP) is 4.19. The Labute approximate surface area is 196 Å². The summed E-state index contributed by atoms with van der Waals surface area (Å²) in [5.41, 5.74) is -0.767. The van der Waals surface area contributed by atoms with Crippen molar-refractivity contribution in [2.24, 2.45) is 5.92 Å². The zero-order valence-corrected chi connectivity index (χ0v) is 18.6. The monoisotopic (exact) mass is 492 g/mol. The van der Waals surface area contributed by atoms with Crippen molar-refractivity contribution >= 4 is 34.6 Å². The molecule has 184 valence electrons. The molecule has 0 saturated carbocycles. The molecule has 2 aromatic carbocycles. The van der Waals surface area contributed by atoms with E-state index in [0.717, 1.165) is 28.4 Å². The number of aliphatic carboxylic acids is 1. The minimum atomic E-state index is -5.09. The normalized spacial score (nSPS) is 16.9. The van der Waals surface area contributed by atoms with Gasteiger partial charge in [-0.25, -0.2) is 14.2 Å². The molecule has 1 atom stereocenters. The summed E-state index contributed by atoms with van der Waals surface area (Å²) in [6, 6.07) is 6.33. The molecule has 1 fully saturated rings. The molecule has 0 spiro atoms.